The Morgan fingerprint density at radius 1 is 1.24 bits per heavy atom. The zero-order valence-corrected chi connectivity index (χ0v) is 10.8. The Bertz CT molecular complexity index is 452. The normalized spacial score (nSPS) is 14.3. The molecule has 0 unspecified atom stereocenters. The Labute approximate surface area is 102 Å². The van der Waals surface area contributed by atoms with Crippen LogP contribution in [0.5, 0.6) is 0 Å². The van der Waals surface area contributed by atoms with Crippen LogP contribution >= 0.6 is 0 Å². The number of carbonyl (C=O) groups is 1. The summed E-state index contributed by atoms with van der Waals surface area (Å²) < 4.78 is 5.05. The Hall–Kier alpha value is -1.38. The number of rotatable bonds is 2. The highest BCUT2D eigenvalue weighted by Gasteiger charge is 2.21. The lowest BCUT2D eigenvalue weighted by atomic mass is 9.90. The van der Waals surface area contributed by atoms with Crippen molar-refractivity contribution in [3.63, 3.8) is 0 Å². The van der Waals surface area contributed by atoms with E-state index in [1.807, 2.05) is 13.8 Å². The minimum absolute atomic E-state index is 0.290. The van der Waals surface area contributed by atoms with E-state index >= 15 is 0 Å². The van der Waals surface area contributed by atoms with Crippen molar-refractivity contribution in [1.29, 1.82) is 0 Å². The van der Waals surface area contributed by atoms with Crippen molar-refractivity contribution >= 4 is 5.97 Å². The molecule has 0 radical (unpaired) electrons. The number of aryl methyl sites for hydroxylation is 1. The van der Waals surface area contributed by atoms with Crippen LogP contribution in [0.2, 0.25) is 0 Å². The largest absolute Gasteiger partial charge is 0.461 e. The minimum Gasteiger partial charge on any atom is -0.461 e. The summed E-state index contributed by atoms with van der Waals surface area (Å²) in [7, 11) is 0. The van der Waals surface area contributed by atoms with E-state index in [0.29, 0.717) is 12.3 Å². The summed E-state index contributed by atoms with van der Waals surface area (Å²) in [4.78, 5) is 16.3. The number of fused-ring (bicyclic) bond motifs is 1. The Balaban J connectivity index is 2.47. The van der Waals surface area contributed by atoms with E-state index in [1.54, 1.807) is 0 Å². The van der Waals surface area contributed by atoms with Crippen LogP contribution in [0.15, 0.2) is 0 Å². The highest BCUT2D eigenvalue weighted by Crippen LogP contribution is 2.26. The van der Waals surface area contributed by atoms with Crippen molar-refractivity contribution < 1.29 is 9.53 Å². The average molecular weight is 233 g/mol. The third kappa shape index (κ3) is 2.19. The molecular weight excluding hydrogens is 214 g/mol. The lowest BCUT2D eigenvalue weighted by Crippen LogP contribution is -2.16. The van der Waals surface area contributed by atoms with Gasteiger partial charge in [-0.15, -0.1) is 0 Å². The smallest absolute Gasteiger partial charge is 0.357 e. The lowest BCUT2D eigenvalue weighted by molar-refractivity contribution is 0.0518. The van der Waals surface area contributed by atoms with Crippen molar-refractivity contribution in [1.82, 2.24) is 4.98 Å². The fraction of sp³-hybridized carbons (Fsp3) is 0.571. The number of esters is 1. The fourth-order valence-corrected chi connectivity index (χ4v) is 2.44. The maximum Gasteiger partial charge on any atom is 0.357 e. The van der Waals surface area contributed by atoms with E-state index in [2.05, 4.69) is 11.9 Å². The van der Waals surface area contributed by atoms with Gasteiger partial charge in [0, 0.05) is 5.69 Å². The molecule has 92 valence electrons. The second-order valence-electron chi connectivity index (χ2n) is 4.56. The second-order valence-corrected chi connectivity index (χ2v) is 4.56. The zero-order valence-electron chi connectivity index (χ0n) is 10.8. The summed E-state index contributed by atoms with van der Waals surface area (Å²) >= 11 is 0. The van der Waals surface area contributed by atoms with E-state index < -0.39 is 0 Å². The summed E-state index contributed by atoms with van der Waals surface area (Å²) in [6.07, 6.45) is 4.49. The van der Waals surface area contributed by atoms with Crippen LogP contribution < -0.4 is 0 Å². The molecule has 1 aliphatic rings. The molecule has 1 heterocycles. The highest BCUT2D eigenvalue weighted by atomic mass is 16.5. The van der Waals surface area contributed by atoms with Gasteiger partial charge in [-0.1, -0.05) is 0 Å². The van der Waals surface area contributed by atoms with Crippen molar-refractivity contribution in [3.05, 3.63) is 28.1 Å². The second kappa shape index (κ2) is 4.86. The van der Waals surface area contributed by atoms with Gasteiger partial charge in [0.25, 0.3) is 0 Å². The molecule has 1 aromatic rings. The first-order chi connectivity index (χ1) is 8.15. The molecule has 0 N–H and O–H groups in total. The molecule has 3 heteroatoms. The van der Waals surface area contributed by atoms with Gasteiger partial charge >= 0.3 is 5.97 Å². The fourth-order valence-electron chi connectivity index (χ4n) is 2.44. The number of hydrogen-bond donors (Lipinski definition) is 0. The monoisotopic (exact) mass is 233 g/mol. The van der Waals surface area contributed by atoms with Gasteiger partial charge in [-0.2, -0.15) is 0 Å². The molecule has 0 aliphatic heterocycles. The van der Waals surface area contributed by atoms with Gasteiger partial charge < -0.3 is 4.74 Å². The molecule has 0 atom stereocenters. The van der Waals surface area contributed by atoms with Crippen molar-refractivity contribution in [2.75, 3.05) is 6.61 Å². The van der Waals surface area contributed by atoms with Crippen LogP contribution in [0, 0.1) is 13.8 Å². The zero-order chi connectivity index (χ0) is 12.4. The van der Waals surface area contributed by atoms with Crippen LogP contribution in [0.25, 0.3) is 0 Å². The van der Waals surface area contributed by atoms with E-state index in [-0.39, 0.29) is 5.97 Å². The molecule has 0 fully saturated rings. The average Bonchev–Trinajstić information content (AvgIpc) is 2.34. The first kappa shape index (κ1) is 12.1. The minimum atomic E-state index is -0.290. The Morgan fingerprint density at radius 2 is 1.94 bits per heavy atom. The molecule has 17 heavy (non-hydrogen) atoms. The number of ether oxygens (including phenoxy) is 1. The SMILES string of the molecule is CCOC(=O)c1nc2c(c(C)c1C)CCCC2. The van der Waals surface area contributed by atoms with Gasteiger partial charge in [0.2, 0.25) is 0 Å². The van der Waals surface area contributed by atoms with E-state index in [1.165, 1.54) is 24.0 Å². The lowest BCUT2D eigenvalue weighted by Gasteiger charge is -2.20. The van der Waals surface area contributed by atoms with Gasteiger partial charge in [0.05, 0.1) is 6.61 Å². The summed E-state index contributed by atoms with van der Waals surface area (Å²) in [6, 6.07) is 0. The maximum atomic E-state index is 11.8. The van der Waals surface area contributed by atoms with Gasteiger partial charge in [-0.3, -0.25) is 0 Å². The van der Waals surface area contributed by atoms with Crippen molar-refractivity contribution in [3.8, 4) is 0 Å². The molecule has 0 saturated carbocycles. The van der Waals surface area contributed by atoms with Crippen LogP contribution in [0.4, 0.5) is 0 Å². The first-order valence-electron chi connectivity index (χ1n) is 6.31. The third-order valence-corrected chi connectivity index (χ3v) is 3.52. The van der Waals surface area contributed by atoms with Crippen molar-refractivity contribution in [2.45, 2.75) is 46.5 Å². The molecule has 0 amide bonds. The summed E-state index contributed by atoms with van der Waals surface area (Å²) in [5, 5.41) is 0. The predicted octanol–water partition coefficient (Wildman–Crippen LogP) is 2.75. The summed E-state index contributed by atoms with van der Waals surface area (Å²) in [6.45, 7) is 6.27. The van der Waals surface area contributed by atoms with E-state index in [9.17, 15) is 4.79 Å². The van der Waals surface area contributed by atoms with Crippen LogP contribution in [-0.4, -0.2) is 17.6 Å². The number of carbonyl (C=O) groups excluding carboxylic acids is 1. The van der Waals surface area contributed by atoms with Gasteiger partial charge in [-0.25, -0.2) is 9.78 Å². The van der Waals surface area contributed by atoms with Gasteiger partial charge in [-0.05, 0) is 63.1 Å². The molecule has 0 bridgehead atoms. The molecule has 0 saturated heterocycles. The topological polar surface area (TPSA) is 39.2 Å². The van der Waals surface area contributed by atoms with Gasteiger partial charge in [0.15, 0.2) is 5.69 Å². The molecule has 1 aliphatic carbocycles. The maximum absolute atomic E-state index is 11.8. The van der Waals surface area contributed by atoms with Crippen molar-refractivity contribution in [2.24, 2.45) is 0 Å². The Kier molecular flexibility index (Phi) is 3.46. The molecule has 0 spiro atoms. The molecule has 1 aromatic heterocycles. The predicted molar refractivity (Wildman–Crippen MR) is 66.3 cm³/mol. The van der Waals surface area contributed by atoms with Gasteiger partial charge in [0.1, 0.15) is 0 Å². The van der Waals surface area contributed by atoms with Crippen LogP contribution in [-0.2, 0) is 17.6 Å². The molecular formula is C14H19NO2. The summed E-state index contributed by atoms with van der Waals surface area (Å²) in [5.41, 5.74) is 5.15. The summed E-state index contributed by atoms with van der Waals surface area (Å²) in [5.74, 6) is -0.290. The number of nitrogens with zero attached hydrogens (tertiary/aromatic N) is 1. The number of hydrogen-bond acceptors (Lipinski definition) is 3. The third-order valence-electron chi connectivity index (χ3n) is 3.52. The van der Waals surface area contributed by atoms with E-state index in [4.69, 9.17) is 4.74 Å². The highest BCUT2D eigenvalue weighted by molar-refractivity contribution is 5.89. The molecule has 3 nitrogen and oxygen atoms in total. The molecule has 0 aromatic carbocycles. The quantitative estimate of drug-likeness (QED) is 0.737. The first-order valence-corrected chi connectivity index (χ1v) is 6.31. The molecule has 2 rings (SSSR count). The number of aromatic nitrogens is 1. The Morgan fingerprint density at radius 3 is 2.65 bits per heavy atom. The standard InChI is InChI=1S/C14H19NO2/c1-4-17-14(16)13-10(3)9(2)11-7-5-6-8-12(11)15-13/h4-8H2,1-3H3. The van der Waals surface area contributed by atoms with Crippen LogP contribution in [0.1, 0.15) is 52.6 Å². The van der Waals surface area contributed by atoms with Crippen LogP contribution in [0.3, 0.4) is 0 Å². The van der Waals surface area contributed by atoms with E-state index in [0.717, 1.165) is 24.1 Å². The number of pyridine rings is 1.